The lowest BCUT2D eigenvalue weighted by Crippen LogP contribution is -2.13. The highest BCUT2D eigenvalue weighted by atomic mass is 79.9. The molecule has 1 aromatic rings. The van der Waals surface area contributed by atoms with Gasteiger partial charge in [-0.15, -0.1) is 0 Å². The highest BCUT2D eigenvalue weighted by molar-refractivity contribution is 9.11. The molecular weight excluding hydrogens is 358 g/mol. The minimum absolute atomic E-state index is 0.219. The molecule has 0 saturated carbocycles. The number of esters is 1. The van der Waals surface area contributed by atoms with Crippen LogP contribution in [0.3, 0.4) is 0 Å². The summed E-state index contributed by atoms with van der Waals surface area (Å²) in [5, 5.41) is 11.5. The van der Waals surface area contributed by atoms with Gasteiger partial charge in [-0.25, -0.2) is 4.79 Å². The number of benzene rings is 1. The first-order chi connectivity index (χ1) is 8.08. The predicted octanol–water partition coefficient (Wildman–Crippen LogP) is 2.57. The highest BCUT2D eigenvalue weighted by Crippen LogP contribution is 2.32. The van der Waals surface area contributed by atoms with Crippen molar-refractivity contribution in [3.63, 3.8) is 0 Å². The Morgan fingerprint density at radius 2 is 2.24 bits per heavy atom. The van der Waals surface area contributed by atoms with E-state index in [1.54, 1.807) is 12.1 Å². The first kappa shape index (κ1) is 14.0. The Labute approximate surface area is 115 Å². The number of carbonyl (C=O) groups is 1. The molecule has 0 unspecified atom stereocenters. The molecule has 0 atom stereocenters. The van der Waals surface area contributed by atoms with Crippen LogP contribution in [-0.2, 0) is 9.53 Å². The van der Waals surface area contributed by atoms with Gasteiger partial charge in [-0.05, 0) is 28.1 Å². The van der Waals surface area contributed by atoms with Crippen LogP contribution in [0.15, 0.2) is 26.2 Å². The highest BCUT2D eigenvalue weighted by Gasteiger charge is 2.11. The van der Waals surface area contributed by atoms with Gasteiger partial charge in [0, 0.05) is 10.0 Å². The number of nitrogens with zero attached hydrogens (tertiary/aromatic N) is 1. The summed E-state index contributed by atoms with van der Waals surface area (Å²) >= 11 is 6.58. The Kier molecular flexibility index (Phi) is 5.43. The van der Waals surface area contributed by atoms with Gasteiger partial charge in [-0.2, -0.15) is 0 Å². The van der Waals surface area contributed by atoms with Crippen molar-refractivity contribution >= 4 is 44.0 Å². The van der Waals surface area contributed by atoms with Gasteiger partial charge in [-0.3, -0.25) is 0 Å². The van der Waals surface area contributed by atoms with E-state index in [0.29, 0.717) is 15.8 Å². The van der Waals surface area contributed by atoms with Crippen LogP contribution in [-0.4, -0.2) is 31.1 Å². The Bertz CT molecular complexity index is 448. The molecule has 1 rings (SSSR count). The molecular formula is C10H9Br2NO4. The van der Waals surface area contributed by atoms with E-state index in [1.165, 1.54) is 13.3 Å². The largest absolute Gasteiger partial charge is 0.480 e. The Balaban J connectivity index is 2.99. The maximum absolute atomic E-state index is 11.0. The number of oxime groups is 1. The summed E-state index contributed by atoms with van der Waals surface area (Å²) in [6.07, 6.45) is 1.21. The molecule has 1 N–H and O–H groups in total. The summed E-state index contributed by atoms with van der Waals surface area (Å²) in [7, 11) is 1.28. The third-order valence-electron chi connectivity index (χ3n) is 1.80. The van der Waals surface area contributed by atoms with E-state index in [0.717, 1.165) is 4.47 Å². The Morgan fingerprint density at radius 3 is 2.82 bits per heavy atom. The number of carbonyl (C=O) groups excluding carboxylic acids is 1. The number of methoxy groups -OCH3 is 1. The van der Waals surface area contributed by atoms with Gasteiger partial charge < -0.3 is 14.7 Å². The van der Waals surface area contributed by atoms with E-state index in [-0.39, 0.29) is 6.61 Å². The van der Waals surface area contributed by atoms with E-state index in [1.807, 2.05) is 0 Å². The van der Waals surface area contributed by atoms with E-state index in [9.17, 15) is 4.79 Å². The molecule has 0 radical (unpaired) electrons. The maximum Gasteiger partial charge on any atom is 0.343 e. The van der Waals surface area contributed by atoms with Crippen molar-refractivity contribution in [2.24, 2.45) is 5.16 Å². The molecule has 0 amide bonds. The average Bonchev–Trinajstić information content (AvgIpc) is 2.27. The van der Waals surface area contributed by atoms with Crippen molar-refractivity contribution < 1.29 is 19.5 Å². The fourth-order valence-electron chi connectivity index (χ4n) is 1.08. The second-order valence-electron chi connectivity index (χ2n) is 2.92. The Morgan fingerprint density at radius 1 is 1.53 bits per heavy atom. The van der Waals surface area contributed by atoms with Crippen LogP contribution in [0.4, 0.5) is 0 Å². The van der Waals surface area contributed by atoms with E-state index in [4.69, 9.17) is 9.94 Å². The van der Waals surface area contributed by atoms with Crippen LogP contribution in [0, 0.1) is 0 Å². The summed E-state index contributed by atoms with van der Waals surface area (Å²) in [5.74, 6) is -0.0943. The van der Waals surface area contributed by atoms with E-state index >= 15 is 0 Å². The third-order valence-corrected chi connectivity index (χ3v) is 2.84. The maximum atomic E-state index is 11.0. The predicted molar refractivity (Wildman–Crippen MR) is 68.7 cm³/mol. The van der Waals surface area contributed by atoms with Gasteiger partial charge in [0.05, 0.1) is 17.8 Å². The molecule has 0 bridgehead atoms. The van der Waals surface area contributed by atoms with E-state index in [2.05, 4.69) is 41.8 Å². The van der Waals surface area contributed by atoms with Crippen LogP contribution in [0.2, 0.25) is 0 Å². The number of hydrogen-bond acceptors (Lipinski definition) is 5. The van der Waals surface area contributed by atoms with Crippen molar-refractivity contribution in [1.29, 1.82) is 0 Å². The molecule has 5 nitrogen and oxygen atoms in total. The van der Waals surface area contributed by atoms with Crippen LogP contribution >= 0.6 is 31.9 Å². The average molecular weight is 367 g/mol. The zero-order valence-corrected chi connectivity index (χ0v) is 12.0. The van der Waals surface area contributed by atoms with Crippen LogP contribution in [0.25, 0.3) is 0 Å². The van der Waals surface area contributed by atoms with Crippen molar-refractivity contribution in [1.82, 2.24) is 0 Å². The van der Waals surface area contributed by atoms with Crippen molar-refractivity contribution in [2.75, 3.05) is 13.7 Å². The van der Waals surface area contributed by atoms with Crippen LogP contribution in [0.1, 0.15) is 5.56 Å². The molecule has 0 aliphatic heterocycles. The summed E-state index contributed by atoms with van der Waals surface area (Å²) < 4.78 is 11.2. The first-order valence-electron chi connectivity index (χ1n) is 4.44. The molecule has 92 valence electrons. The molecule has 0 saturated heterocycles. The number of ether oxygens (including phenoxy) is 2. The minimum atomic E-state index is -0.494. The monoisotopic (exact) mass is 365 g/mol. The zero-order chi connectivity index (χ0) is 12.8. The number of hydrogen-bond donors (Lipinski definition) is 1. The smallest absolute Gasteiger partial charge is 0.343 e. The lowest BCUT2D eigenvalue weighted by atomic mass is 10.2. The zero-order valence-electron chi connectivity index (χ0n) is 8.81. The fourth-order valence-corrected chi connectivity index (χ4v) is 2.45. The minimum Gasteiger partial charge on any atom is -0.480 e. The quantitative estimate of drug-likeness (QED) is 0.385. The standard InChI is InChI=1S/C10H9Br2NO4/c1-16-9(14)5-17-10-6(4-13-15)2-7(11)3-8(10)12/h2-4,15H,5H2,1H3. The van der Waals surface area contributed by atoms with Gasteiger partial charge in [0.2, 0.25) is 0 Å². The Hall–Kier alpha value is -1.08. The molecule has 1 aromatic carbocycles. The summed E-state index contributed by atoms with van der Waals surface area (Å²) in [5.41, 5.74) is 0.526. The summed E-state index contributed by atoms with van der Waals surface area (Å²) in [6, 6.07) is 3.44. The SMILES string of the molecule is COC(=O)COc1c(Br)cc(Br)cc1C=NO. The van der Waals surface area contributed by atoms with E-state index < -0.39 is 5.97 Å². The number of halogens is 2. The van der Waals surface area contributed by atoms with Gasteiger partial charge in [0.25, 0.3) is 0 Å². The summed E-state index contributed by atoms with van der Waals surface area (Å²) in [6.45, 7) is -0.219. The molecule has 0 fully saturated rings. The lowest BCUT2D eigenvalue weighted by Gasteiger charge is -2.10. The fraction of sp³-hybridized carbons (Fsp3) is 0.200. The second-order valence-corrected chi connectivity index (χ2v) is 4.69. The van der Waals surface area contributed by atoms with Gasteiger partial charge in [-0.1, -0.05) is 21.1 Å². The first-order valence-corrected chi connectivity index (χ1v) is 6.03. The third kappa shape index (κ3) is 4.01. The molecule has 7 heteroatoms. The van der Waals surface area contributed by atoms with Crippen molar-refractivity contribution in [3.8, 4) is 5.75 Å². The molecule has 0 spiro atoms. The van der Waals surface area contributed by atoms with Gasteiger partial charge in [0.15, 0.2) is 6.61 Å². The van der Waals surface area contributed by atoms with Crippen LogP contribution in [0.5, 0.6) is 5.75 Å². The topological polar surface area (TPSA) is 68.1 Å². The van der Waals surface area contributed by atoms with Crippen LogP contribution < -0.4 is 4.74 Å². The van der Waals surface area contributed by atoms with Crippen molar-refractivity contribution in [2.45, 2.75) is 0 Å². The van der Waals surface area contributed by atoms with Crippen molar-refractivity contribution in [3.05, 3.63) is 26.6 Å². The molecule has 0 aliphatic carbocycles. The van der Waals surface area contributed by atoms with Gasteiger partial charge >= 0.3 is 5.97 Å². The normalized spacial score (nSPS) is 10.5. The second kappa shape index (κ2) is 6.61. The van der Waals surface area contributed by atoms with Gasteiger partial charge in [0.1, 0.15) is 5.75 Å². The molecule has 0 heterocycles. The number of rotatable bonds is 4. The molecule has 0 aliphatic rings. The molecule has 0 aromatic heterocycles. The lowest BCUT2D eigenvalue weighted by molar-refractivity contribution is -0.142. The summed E-state index contributed by atoms with van der Waals surface area (Å²) in [4.78, 5) is 11.0. The molecule has 17 heavy (non-hydrogen) atoms.